The van der Waals surface area contributed by atoms with E-state index >= 15 is 0 Å². The van der Waals surface area contributed by atoms with Gasteiger partial charge in [0.05, 0.1) is 11.9 Å². The fourth-order valence-electron chi connectivity index (χ4n) is 2.96. The van der Waals surface area contributed by atoms with Crippen LogP contribution in [0.1, 0.15) is 38.5 Å². The van der Waals surface area contributed by atoms with E-state index in [1.165, 1.54) is 32.1 Å². The van der Waals surface area contributed by atoms with E-state index in [0.717, 1.165) is 28.0 Å². The van der Waals surface area contributed by atoms with Crippen LogP contribution in [0.4, 0.5) is 5.69 Å². The first kappa shape index (κ1) is 20.1. The van der Waals surface area contributed by atoms with Crippen LogP contribution in [0.3, 0.4) is 0 Å². The van der Waals surface area contributed by atoms with Gasteiger partial charge in [0.1, 0.15) is 6.54 Å². The van der Waals surface area contributed by atoms with E-state index in [1.54, 1.807) is 24.3 Å². The molecule has 0 unspecified atom stereocenters. The SMILES string of the molecule is CS(=O)(=O)N(CC(=O)NCCCSC1CCCCC1)c1ccccc1. The normalized spacial score (nSPS) is 15.7. The van der Waals surface area contributed by atoms with Gasteiger partial charge in [-0.3, -0.25) is 9.10 Å². The summed E-state index contributed by atoms with van der Waals surface area (Å²) in [4.78, 5) is 12.1. The molecule has 25 heavy (non-hydrogen) atoms. The molecule has 0 spiro atoms. The van der Waals surface area contributed by atoms with Crippen molar-refractivity contribution in [2.75, 3.05) is 29.4 Å². The number of nitrogens with zero attached hydrogens (tertiary/aromatic N) is 1. The van der Waals surface area contributed by atoms with Gasteiger partial charge < -0.3 is 5.32 Å². The van der Waals surface area contributed by atoms with E-state index in [2.05, 4.69) is 5.32 Å². The van der Waals surface area contributed by atoms with Gasteiger partial charge in [-0.2, -0.15) is 11.8 Å². The Bertz CT molecular complexity index is 629. The Balaban J connectivity index is 1.72. The highest BCUT2D eigenvalue weighted by molar-refractivity contribution is 7.99. The van der Waals surface area contributed by atoms with Crippen molar-refractivity contribution >= 4 is 33.4 Å². The standard InChI is InChI=1S/C18H28N2O3S2/c1-25(22,23)20(16-9-4-2-5-10-16)15-18(21)19-13-8-14-24-17-11-6-3-7-12-17/h2,4-5,9-10,17H,3,6-8,11-15H2,1H3,(H,19,21). The number of para-hydroxylation sites is 1. The van der Waals surface area contributed by atoms with Gasteiger partial charge in [0.15, 0.2) is 0 Å². The van der Waals surface area contributed by atoms with Crippen molar-refractivity contribution in [2.45, 2.75) is 43.8 Å². The first-order valence-corrected chi connectivity index (χ1v) is 11.8. The number of sulfonamides is 1. The molecule has 2 rings (SSSR count). The third-order valence-electron chi connectivity index (χ3n) is 4.28. The van der Waals surface area contributed by atoms with Gasteiger partial charge >= 0.3 is 0 Å². The molecule has 1 amide bonds. The molecule has 7 heteroatoms. The monoisotopic (exact) mass is 384 g/mol. The maximum Gasteiger partial charge on any atom is 0.240 e. The maximum atomic E-state index is 12.1. The lowest BCUT2D eigenvalue weighted by Gasteiger charge is -2.22. The van der Waals surface area contributed by atoms with Gasteiger partial charge in [0.2, 0.25) is 15.9 Å². The summed E-state index contributed by atoms with van der Waals surface area (Å²) < 4.78 is 25.1. The predicted octanol–water partition coefficient (Wildman–Crippen LogP) is 3.02. The lowest BCUT2D eigenvalue weighted by molar-refractivity contribution is -0.119. The zero-order chi connectivity index (χ0) is 18.1. The van der Waals surface area contributed by atoms with Gasteiger partial charge in [-0.05, 0) is 37.1 Å². The number of carbonyl (C=O) groups is 1. The second-order valence-corrected chi connectivity index (χ2v) is 9.75. The summed E-state index contributed by atoms with van der Waals surface area (Å²) in [6.07, 6.45) is 8.72. The number of benzene rings is 1. The smallest absolute Gasteiger partial charge is 0.240 e. The average Bonchev–Trinajstić information content (AvgIpc) is 2.60. The highest BCUT2D eigenvalue weighted by Crippen LogP contribution is 2.28. The molecular formula is C18H28N2O3S2. The van der Waals surface area contributed by atoms with Crippen molar-refractivity contribution < 1.29 is 13.2 Å². The van der Waals surface area contributed by atoms with Crippen LogP contribution in [-0.4, -0.2) is 44.7 Å². The summed E-state index contributed by atoms with van der Waals surface area (Å²) >= 11 is 2.01. The molecule has 140 valence electrons. The molecule has 0 heterocycles. The van der Waals surface area contributed by atoms with E-state index in [4.69, 9.17) is 0 Å². The summed E-state index contributed by atoms with van der Waals surface area (Å²) in [6, 6.07) is 8.71. The quantitative estimate of drug-likeness (QED) is 0.665. The molecule has 1 aliphatic carbocycles. The molecule has 0 saturated heterocycles. The molecule has 1 aliphatic rings. The molecule has 1 N–H and O–H groups in total. The maximum absolute atomic E-state index is 12.1. The van der Waals surface area contributed by atoms with Crippen LogP contribution in [-0.2, 0) is 14.8 Å². The van der Waals surface area contributed by atoms with Crippen LogP contribution in [0.5, 0.6) is 0 Å². The molecule has 0 aliphatic heterocycles. The van der Waals surface area contributed by atoms with Crippen molar-refractivity contribution in [3.05, 3.63) is 30.3 Å². The Morgan fingerprint density at radius 3 is 2.52 bits per heavy atom. The van der Waals surface area contributed by atoms with Crippen molar-refractivity contribution in [3.8, 4) is 0 Å². The minimum atomic E-state index is -3.49. The second kappa shape index (κ2) is 10.1. The van der Waals surface area contributed by atoms with Gasteiger partial charge in [0, 0.05) is 11.8 Å². The van der Waals surface area contributed by atoms with Crippen LogP contribution >= 0.6 is 11.8 Å². The Hall–Kier alpha value is -1.21. The number of nitrogens with one attached hydrogen (secondary N) is 1. The lowest BCUT2D eigenvalue weighted by atomic mass is 10.0. The third kappa shape index (κ3) is 7.28. The number of anilines is 1. The van der Waals surface area contributed by atoms with E-state index in [1.807, 2.05) is 17.8 Å². The molecule has 0 atom stereocenters. The van der Waals surface area contributed by atoms with Gasteiger partial charge in [-0.25, -0.2) is 8.42 Å². The van der Waals surface area contributed by atoms with Crippen molar-refractivity contribution in [1.82, 2.24) is 5.32 Å². The summed E-state index contributed by atoms with van der Waals surface area (Å²) in [6.45, 7) is 0.406. The van der Waals surface area contributed by atoms with E-state index in [0.29, 0.717) is 12.2 Å². The van der Waals surface area contributed by atoms with Crippen LogP contribution < -0.4 is 9.62 Å². The summed E-state index contributed by atoms with van der Waals surface area (Å²) in [5.74, 6) is 0.774. The zero-order valence-corrected chi connectivity index (χ0v) is 16.4. The highest BCUT2D eigenvalue weighted by atomic mass is 32.2. The first-order chi connectivity index (χ1) is 12.0. The second-order valence-electron chi connectivity index (χ2n) is 6.44. The molecule has 1 fully saturated rings. The largest absolute Gasteiger partial charge is 0.354 e. The van der Waals surface area contributed by atoms with Crippen molar-refractivity contribution in [2.24, 2.45) is 0 Å². The number of rotatable bonds is 9. The average molecular weight is 385 g/mol. The number of hydrogen-bond donors (Lipinski definition) is 1. The number of thioether (sulfide) groups is 1. The molecule has 0 radical (unpaired) electrons. The van der Waals surface area contributed by atoms with Gasteiger partial charge in [-0.1, -0.05) is 37.5 Å². The fraction of sp³-hybridized carbons (Fsp3) is 0.611. The van der Waals surface area contributed by atoms with E-state index in [-0.39, 0.29) is 12.5 Å². The molecular weight excluding hydrogens is 356 g/mol. The van der Waals surface area contributed by atoms with Crippen molar-refractivity contribution in [3.63, 3.8) is 0 Å². The molecule has 0 bridgehead atoms. The topological polar surface area (TPSA) is 66.5 Å². The Morgan fingerprint density at radius 1 is 1.20 bits per heavy atom. The van der Waals surface area contributed by atoms with Crippen LogP contribution in [0.25, 0.3) is 0 Å². The van der Waals surface area contributed by atoms with Crippen LogP contribution in [0.2, 0.25) is 0 Å². The molecule has 1 saturated carbocycles. The zero-order valence-electron chi connectivity index (χ0n) is 14.8. The fourth-order valence-corrected chi connectivity index (χ4v) is 5.13. The summed E-state index contributed by atoms with van der Waals surface area (Å²) in [7, 11) is -3.49. The molecule has 1 aromatic rings. The van der Waals surface area contributed by atoms with Gasteiger partial charge in [0.25, 0.3) is 0 Å². The summed E-state index contributed by atoms with van der Waals surface area (Å²) in [5, 5.41) is 3.62. The van der Waals surface area contributed by atoms with E-state index in [9.17, 15) is 13.2 Å². The minimum Gasteiger partial charge on any atom is -0.354 e. The van der Waals surface area contributed by atoms with E-state index < -0.39 is 10.0 Å². The molecule has 1 aromatic carbocycles. The van der Waals surface area contributed by atoms with Crippen LogP contribution in [0.15, 0.2) is 30.3 Å². The third-order valence-corrected chi connectivity index (χ3v) is 6.89. The number of carbonyl (C=O) groups excluding carboxylic acids is 1. The molecule has 5 nitrogen and oxygen atoms in total. The van der Waals surface area contributed by atoms with Crippen molar-refractivity contribution in [1.29, 1.82) is 0 Å². The van der Waals surface area contributed by atoms with Crippen LogP contribution in [0, 0.1) is 0 Å². The van der Waals surface area contributed by atoms with Gasteiger partial charge in [-0.15, -0.1) is 0 Å². The highest BCUT2D eigenvalue weighted by Gasteiger charge is 2.20. The minimum absolute atomic E-state index is 0.182. The Kier molecular flexibility index (Phi) is 8.09. The first-order valence-electron chi connectivity index (χ1n) is 8.88. The summed E-state index contributed by atoms with van der Waals surface area (Å²) in [5.41, 5.74) is 0.507. The predicted molar refractivity (Wildman–Crippen MR) is 106 cm³/mol. The Morgan fingerprint density at radius 2 is 1.88 bits per heavy atom. The Labute approximate surface area is 155 Å². The molecule has 0 aromatic heterocycles. The lowest BCUT2D eigenvalue weighted by Crippen LogP contribution is -2.40. The number of amides is 1. The number of hydrogen-bond acceptors (Lipinski definition) is 4.